The van der Waals surface area contributed by atoms with E-state index in [0.29, 0.717) is 39.4 Å². The Kier molecular flexibility index (Phi) is 13.1. The Morgan fingerprint density at radius 3 is 1.21 bits per heavy atom. The summed E-state index contributed by atoms with van der Waals surface area (Å²) < 4.78 is 24.9. The van der Waals surface area contributed by atoms with Crippen molar-refractivity contribution in [3.63, 3.8) is 0 Å². The predicted octanol–water partition coefficient (Wildman–Crippen LogP) is 12.4. The van der Waals surface area contributed by atoms with Crippen molar-refractivity contribution >= 4 is 122 Å². The molecule has 0 aliphatic rings. The van der Waals surface area contributed by atoms with Crippen LogP contribution in [0.5, 0.6) is 23.0 Å². The van der Waals surface area contributed by atoms with Gasteiger partial charge >= 0.3 is 11.9 Å². The first-order valence-corrected chi connectivity index (χ1v) is 18.3. The summed E-state index contributed by atoms with van der Waals surface area (Å²) in [6.07, 6.45) is -1.92. The number of benzene rings is 4. The summed E-state index contributed by atoms with van der Waals surface area (Å²) in [5.74, 6) is -0.0722. The van der Waals surface area contributed by atoms with Crippen LogP contribution in [0.4, 0.5) is 0 Å². The first kappa shape index (κ1) is 38.3. The molecule has 248 valence electrons. The molecule has 0 radical (unpaired) electrons. The minimum atomic E-state index is -0.962. The Morgan fingerprint density at radius 1 is 0.596 bits per heavy atom. The largest absolute Gasteiger partial charge is 0.477 e. The number of esters is 2. The van der Waals surface area contributed by atoms with Gasteiger partial charge in [-0.3, -0.25) is 0 Å². The minimum Gasteiger partial charge on any atom is -0.477 e. The zero-order valence-corrected chi connectivity index (χ0v) is 34.3. The van der Waals surface area contributed by atoms with E-state index in [4.69, 9.17) is 65.4 Å². The number of hydrogen-bond donors (Lipinski definition) is 0. The van der Waals surface area contributed by atoms with Gasteiger partial charge in [-0.1, -0.05) is 60.3 Å². The lowest BCUT2D eigenvalue weighted by Crippen LogP contribution is -2.29. The van der Waals surface area contributed by atoms with Gasteiger partial charge in [-0.2, -0.15) is 0 Å². The average molecular weight is 978 g/mol. The highest BCUT2D eigenvalue weighted by molar-refractivity contribution is 9.11. The van der Waals surface area contributed by atoms with Gasteiger partial charge in [0.1, 0.15) is 11.5 Å². The van der Waals surface area contributed by atoms with Crippen molar-refractivity contribution in [3.8, 4) is 23.0 Å². The second-order valence-electron chi connectivity index (χ2n) is 10.7. The van der Waals surface area contributed by atoms with Crippen molar-refractivity contribution in [2.75, 3.05) is 0 Å². The number of ether oxygens (including phenoxy) is 4. The van der Waals surface area contributed by atoms with Crippen LogP contribution < -0.4 is 18.9 Å². The smallest absolute Gasteiger partial charge is 0.352 e. The molecule has 0 aliphatic heterocycles. The van der Waals surface area contributed by atoms with Gasteiger partial charge in [-0.05, 0) is 149 Å². The maximum atomic E-state index is 12.9. The maximum absolute atomic E-state index is 12.9. The molecule has 2 atom stereocenters. The molecule has 0 fully saturated rings. The molecule has 0 N–H and O–H groups in total. The topological polar surface area (TPSA) is 71.1 Å². The van der Waals surface area contributed by atoms with Crippen molar-refractivity contribution in [2.24, 2.45) is 0 Å². The van der Waals surface area contributed by atoms with Crippen LogP contribution in [0, 0.1) is 0 Å². The summed E-state index contributed by atoms with van der Waals surface area (Å²) in [4.78, 5) is 25.8. The Bertz CT molecular complexity index is 1680. The van der Waals surface area contributed by atoms with Gasteiger partial charge in [0.25, 0.3) is 0 Å². The van der Waals surface area contributed by atoms with Crippen LogP contribution in [0.25, 0.3) is 0 Å². The van der Waals surface area contributed by atoms with Crippen LogP contribution in [0.3, 0.4) is 0 Å². The first-order valence-electron chi connectivity index (χ1n) is 13.6. The number of carbonyl (C=O) groups excluding carboxylic acids is 2. The molecule has 14 heteroatoms. The molecule has 0 saturated heterocycles. The molecule has 0 amide bonds. The third kappa shape index (κ3) is 9.39. The van der Waals surface area contributed by atoms with Crippen LogP contribution in [-0.2, 0) is 15.0 Å². The maximum Gasteiger partial charge on any atom is 0.352 e. The van der Waals surface area contributed by atoms with Crippen LogP contribution in [0.15, 0.2) is 78.6 Å². The second kappa shape index (κ2) is 16.0. The lowest BCUT2D eigenvalue weighted by molar-refractivity contribution is -0.142. The average Bonchev–Trinajstić information content (AvgIpc) is 2.99. The number of halogens is 8. The normalized spacial score (nSPS) is 12.7. The fourth-order valence-electron chi connectivity index (χ4n) is 4.19. The lowest BCUT2D eigenvalue weighted by Gasteiger charge is -2.28. The van der Waals surface area contributed by atoms with E-state index in [0.717, 1.165) is 11.1 Å². The molecule has 0 saturated carbocycles. The zero-order valence-electron chi connectivity index (χ0n) is 24.9. The van der Waals surface area contributed by atoms with E-state index in [1.54, 1.807) is 38.1 Å². The SMILES string of the molecule is CC(Oc1ccc(Cl)cc1Cl)C(=O)Oc1c(Br)cc(C(C)(C)c2cc(Br)c(OC(=O)C(C)Oc3ccc(Cl)cc3Cl)c(Br)c2)cc1Br. The molecule has 0 bridgehead atoms. The van der Waals surface area contributed by atoms with Crippen LogP contribution in [-0.4, -0.2) is 24.1 Å². The molecule has 0 spiro atoms. The second-order valence-corrected chi connectivity index (χ2v) is 15.8. The molecule has 4 aromatic rings. The standard InChI is InChI=1S/C33H24Br4Cl4O6/c1-15(44-27-7-5-19(38)13-25(27)40)31(42)46-29-21(34)9-17(10-22(29)35)33(3,4)18-11-23(36)30(24(37)12-18)47-32(43)16(2)45-28-8-6-20(39)14-26(28)41/h5-16H,1-4H3. The summed E-state index contributed by atoms with van der Waals surface area (Å²) >= 11 is 38.5. The van der Waals surface area contributed by atoms with E-state index in [9.17, 15) is 9.59 Å². The van der Waals surface area contributed by atoms with Gasteiger partial charge in [-0.15, -0.1) is 0 Å². The van der Waals surface area contributed by atoms with Crippen molar-refractivity contribution in [2.45, 2.75) is 45.3 Å². The van der Waals surface area contributed by atoms with Crippen molar-refractivity contribution < 1.29 is 28.5 Å². The van der Waals surface area contributed by atoms with Crippen molar-refractivity contribution in [1.29, 1.82) is 0 Å². The number of hydrogen-bond acceptors (Lipinski definition) is 6. The monoisotopic (exact) mass is 972 g/mol. The van der Waals surface area contributed by atoms with E-state index in [1.807, 2.05) is 38.1 Å². The predicted molar refractivity (Wildman–Crippen MR) is 200 cm³/mol. The minimum absolute atomic E-state index is 0.277. The van der Waals surface area contributed by atoms with Crippen molar-refractivity contribution in [1.82, 2.24) is 0 Å². The number of carbonyl (C=O) groups is 2. The highest BCUT2D eigenvalue weighted by Gasteiger charge is 2.30. The van der Waals surface area contributed by atoms with E-state index < -0.39 is 29.6 Å². The Balaban J connectivity index is 1.50. The van der Waals surface area contributed by atoms with Gasteiger partial charge < -0.3 is 18.9 Å². The first-order chi connectivity index (χ1) is 22.0. The van der Waals surface area contributed by atoms with Crippen LogP contribution in [0.1, 0.15) is 38.8 Å². The summed E-state index contributed by atoms with van der Waals surface area (Å²) in [6.45, 7) is 7.19. The third-order valence-corrected chi connectivity index (χ3v) is 10.3. The summed E-state index contributed by atoms with van der Waals surface area (Å²) in [5, 5.41) is 1.45. The van der Waals surface area contributed by atoms with Gasteiger partial charge in [0.2, 0.25) is 0 Å². The fraction of sp³-hybridized carbons (Fsp3) is 0.212. The lowest BCUT2D eigenvalue weighted by atomic mass is 9.78. The molecular formula is C33H24Br4Cl4O6. The van der Waals surface area contributed by atoms with E-state index in [-0.39, 0.29) is 21.5 Å². The Labute approximate surface area is 325 Å². The van der Waals surface area contributed by atoms with E-state index >= 15 is 0 Å². The summed E-state index contributed by atoms with van der Waals surface area (Å²) in [5.41, 5.74) is 1.21. The highest BCUT2D eigenvalue weighted by Crippen LogP contribution is 2.44. The van der Waals surface area contributed by atoms with Crippen LogP contribution >= 0.6 is 110 Å². The highest BCUT2D eigenvalue weighted by atomic mass is 79.9. The van der Waals surface area contributed by atoms with Gasteiger partial charge in [0.05, 0.1) is 27.9 Å². The third-order valence-electron chi connectivity index (χ3n) is 6.90. The molecular weight excluding hydrogens is 954 g/mol. The summed E-state index contributed by atoms with van der Waals surface area (Å²) in [6, 6.07) is 16.9. The quantitative estimate of drug-likeness (QED) is 0.116. The zero-order chi connectivity index (χ0) is 34.8. The fourth-order valence-corrected chi connectivity index (χ4v) is 7.79. The molecule has 6 nitrogen and oxygen atoms in total. The summed E-state index contributed by atoms with van der Waals surface area (Å²) in [7, 11) is 0. The molecule has 2 unspecified atom stereocenters. The molecule has 4 rings (SSSR count). The molecule has 4 aromatic carbocycles. The molecule has 0 heterocycles. The molecule has 0 aromatic heterocycles. The molecule has 0 aliphatic carbocycles. The molecule has 47 heavy (non-hydrogen) atoms. The van der Waals surface area contributed by atoms with Gasteiger partial charge in [0.15, 0.2) is 23.7 Å². The van der Waals surface area contributed by atoms with Crippen molar-refractivity contribution in [3.05, 3.63) is 110 Å². The van der Waals surface area contributed by atoms with E-state index in [2.05, 4.69) is 63.7 Å². The van der Waals surface area contributed by atoms with E-state index in [1.165, 1.54) is 12.1 Å². The van der Waals surface area contributed by atoms with Gasteiger partial charge in [-0.25, -0.2) is 9.59 Å². The Morgan fingerprint density at radius 2 is 0.915 bits per heavy atom. The Hall–Kier alpha value is -1.50. The van der Waals surface area contributed by atoms with Gasteiger partial charge in [0, 0.05) is 15.5 Å². The number of rotatable bonds is 10. The van der Waals surface area contributed by atoms with Crippen LogP contribution in [0.2, 0.25) is 20.1 Å².